The van der Waals surface area contributed by atoms with Crippen LogP contribution in [0, 0.1) is 6.92 Å². The molecule has 7 rings (SSSR count). The molecule has 0 atom stereocenters. The second kappa shape index (κ2) is 16.7. The molecule has 0 spiro atoms. The lowest BCUT2D eigenvalue weighted by Crippen LogP contribution is -2.44. The fraction of sp³-hybridized carbons (Fsp3) is 0.432. The van der Waals surface area contributed by atoms with Crippen LogP contribution in [-0.2, 0) is 16.6 Å². The Morgan fingerprint density at radius 1 is 0.784 bits per heavy atom. The van der Waals surface area contributed by atoms with Crippen molar-refractivity contribution >= 4 is 39.2 Å². The first-order valence-electron chi connectivity index (χ1n) is 17.6. The van der Waals surface area contributed by atoms with E-state index in [1.54, 1.807) is 36.4 Å². The van der Waals surface area contributed by atoms with Gasteiger partial charge in [-0.3, -0.25) is 4.31 Å². The van der Waals surface area contributed by atoms with Crippen molar-refractivity contribution in [3.05, 3.63) is 83.9 Å². The first-order chi connectivity index (χ1) is 23.8. The van der Waals surface area contributed by atoms with Crippen LogP contribution in [0.25, 0.3) is 0 Å². The van der Waals surface area contributed by atoms with Gasteiger partial charge >= 0.3 is 0 Å². The normalized spacial score (nSPS) is 17.0. The molecule has 0 saturated carbocycles. The van der Waals surface area contributed by atoms with Crippen LogP contribution in [-0.4, -0.2) is 78.7 Å². The largest absolute Gasteiger partial charge is 0.506 e. The molecule has 3 aliphatic heterocycles. The molecule has 0 radical (unpaired) electrons. The van der Waals surface area contributed by atoms with Gasteiger partial charge in [-0.2, -0.15) is 15.0 Å². The monoisotopic (exact) mass is 720 g/mol. The number of aryl methyl sites for hydroxylation is 1. The number of likely N-dealkylation sites (tertiary alicyclic amines) is 1. The highest BCUT2D eigenvalue weighted by molar-refractivity contribution is 7.92. The first kappa shape index (κ1) is 37.7. The molecule has 278 valence electrons. The second-order valence-electron chi connectivity index (χ2n) is 13.4. The zero-order valence-corrected chi connectivity index (χ0v) is 30.4. The van der Waals surface area contributed by atoms with Crippen molar-refractivity contribution in [1.29, 1.82) is 0 Å². The van der Waals surface area contributed by atoms with E-state index in [9.17, 15) is 13.5 Å². The molecule has 0 amide bonds. The van der Waals surface area contributed by atoms with E-state index in [0.717, 1.165) is 63.0 Å². The molecule has 3 saturated heterocycles. The molecule has 8 N–H and O–H groups in total. The van der Waals surface area contributed by atoms with Gasteiger partial charge in [0.1, 0.15) is 5.75 Å². The number of piperidine rings is 2. The van der Waals surface area contributed by atoms with E-state index in [4.69, 9.17) is 15.0 Å². The van der Waals surface area contributed by atoms with Gasteiger partial charge < -0.3 is 37.4 Å². The molecule has 3 aromatic carbocycles. The van der Waals surface area contributed by atoms with E-state index in [0.29, 0.717) is 29.6 Å². The quantitative estimate of drug-likeness (QED) is 0.133. The second-order valence-corrected chi connectivity index (χ2v) is 15.3. The van der Waals surface area contributed by atoms with Crippen LogP contribution in [0.5, 0.6) is 5.75 Å². The predicted octanol–water partition coefficient (Wildman–Crippen LogP) is 6.90. The lowest BCUT2D eigenvalue weighted by atomic mass is 10.0. The number of aromatic hydroxyl groups is 1. The van der Waals surface area contributed by atoms with Crippen molar-refractivity contribution in [3.8, 4) is 5.75 Å². The minimum Gasteiger partial charge on any atom is -0.506 e. The SMILES string of the molecule is Cc1ccc(S(=O)(=O)N(Cc2ccccc2)c2ccc(Nc3nc(N4CCCCC4)nc(N4CCC(N5CCCC5)CC4)n3)cc2O)cc1.N.N.[HH].[HH]. The van der Waals surface area contributed by atoms with Crippen LogP contribution in [0.1, 0.15) is 58.9 Å². The van der Waals surface area contributed by atoms with Gasteiger partial charge in [-0.25, -0.2) is 8.42 Å². The zero-order chi connectivity index (χ0) is 33.8. The van der Waals surface area contributed by atoms with E-state index in [1.165, 1.54) is 42.7 Å². The fourth-order valence-corrected chi connectivity index (χ4v) is 8.62. The van der Waals surface area contributed by atoms with E-state index in [2.05, 4.69) is 20.0 Å². The van der Waals surface area contributed by atoms with Crippen molar-refractivity contribution in [2.45, 2.75) is 69.4 Å². The Morgan fingerprint density at radius 2 is 1.39 bits per heavy atom. The number of sulfonamides is 1. The standard InChI is InChI=1S/C37H46N8O3S.2H3N.2H2/c1-28-12-15-32(16-13-28)49(47,48)45(27-29-10-4-2-5-11-29)33-17-14-30(26-34(33)46)38-35-39-36(43-22-6-3-7-23-43)41-37(40-35)44-24-18-31(19-25-44)42-20-8-9-21-42;;;;/h2,4-5,10-17,26,31,46H,3,6-9,18-25,27H2,1H3,(H,38,39,40,41);2*1H3;2*1H. The van der Waals surface area contributed by atoms with Crippen molar-refractivity contribution in [1.82, 2.24) is 32.2 Å². The molecular formula is C37H56N10O3S. The number of nitrogens with one attached hydrogen (secondary N) is 1. The lowest BCUT2D eigenvalue weighted by Gasteiger charge is -2.37. The summed E-state index contributed by atoms with van der Waals surface area (Å²) < 4.78 is 29.3. The molecule has 4 heterocycles. The molecule has 0 aliphatic carbocycles. The third kappa shape index (κ3) is 8.70. The lowest BCUT2D eigenvalue weighted by molar-refractivity contribution is 0.207. The van der Waals surface area contributed by atoms with Crippen LogP contribution < -0.4 is 31.7 Å². The molecule has 1 aromatic heterocycles. The van der Waals surface area contributed by atoms with Crippen molar-refractivity contribution in [2.24, 2.45) is 0 Å². The summed E-state index contributed by atoms with van der Waals surface area (Å²) in [5.74, 6) is 1.55. The summed E-state index contributed by atoms with van der Waals surface area (Å²) in [7, 11) is -4.00. The Hall–Kier alpha value is -4.50. The number of benzene rings is 3. The average molecular weight is 721 g/mol. The number of rotatable bonds is 10. The molecule has 51 heavy (non-hydrogen) atoms. The number of nitrogens with zero attached hydrogens (tertiary/aromatic N) is 7. The Balaban J connectivity index is 0.00000189. The molecule has 13 nitrogen and oxygen atoms in total. The number of aromatic nitrogens is 3. The third-order valence-corrected chi connectivity index (χ3v) is 11.7. The van der Waals surface area contributed by atoms with E-state index >= 15 is 0 Å². The summed E-state index contributed by atoms with van der Waals surface area (Å²) in [4.78, 5) is 21.9. The van der Waals surface area contributed by atoms with Gasteiger partial charge in [0.25, 0.3) is 10.0 Å². The molecule has 14 heteroatoms. The van der Waals surface area contributed by atoms with Crippen LogP contribution in [0.15, 0.2) is 77.7 Å². The van der Waals surface area contributed by atoms with Gasteiger partial charge in [0.05, 0.1) is 17.1 Å². The Labute approximate surface area is 304 Å². The maximum absolute atomic E-state index is 14.0. The molecule has 3 aliphatic rings. The molecular weight excluding hydrogens is 665 g/mol. The summed E-state index contributed by atoms with van der Waals surface area (Å²) >= 11 is 0. The van der Waals surface area contributed by atoms with Crippen LogP contribution in [0.2, 0.25) is 0 Å². The maximum Gasteiger partial charge on any atom is 0.264 e. The number of phenolic OH excluding ortho intramolecular Hbond substituents is 1. The zero-order valence-electron chi connectivity index (χ0n) is 29.6. The summed E-state index contributed by atoms with van der Waals surface area (Å²) in [6.07, 6.45) is 8.19. The van der Waals surface area contributed by atoms with Crippen LogP contribution in [0.4, 0.5) is 29.2 Å². The van der Waals surface area contributed by atoms with E-state index in [-0.39, 0.29) is 38.0 Å². The Morgan fingerprint density at radius 3 is 2.02 bits per heavy atom. The van der Waals surface area contributed by atoms with Crippen molar-refractivity contribution < 1.29 is 16.4 Å². The molecule has 0 bridgehead atoms. The summed E-state index contributed by atoms with van der Waals surface area (Å²) in [5, 5.41) is 14.7. The molecule has 0 unspecified atom stereocenters. The number of phenols is 1. The van der Waals surface area contributed by atoms with E-state index < -0.39 is 10.0 Å². The van der Waals surface area contributed by atoms with Crippen LogP contribution >= 0.6 is 0 Å². The van der Waals surface area contributed by atoms with E-state index in [1.807, 2.05) is 37.3 Å². The Bertz CT molecular complexity index is 1840. The summed E-state index contributed by atoms with van der Waals surface area (Å²) in [6, 6.07) is 21.7. The Kier molecular flexibility index (Phi) is 12.3. The fourth-order valence-electron chi connectivity index (χ4n) is 7.15. The average Bonchev–Trinajstić information content (AvgIpc) is 3.67. The number of anilines is 5. The van der Waals surface area contributed by atoms with Gasteiger partial charge in [0, 0.05) is 46.8 Å². The predicted molar refractivity (Wildman–Crippen MR) is 209 cm³/mol. The molecule has 4 aromatic rings. The highest BCUT2D eigenvalue weighted by atomic mass is 32.2. The van der Waals surface area contributed by atoms with Crippen LogP contribution in [0.3, 0.4) is 0 Å². The van der Waals surface area contributed by atoms with Gasteiger partial charge in [-0.05, 0) is 94.8 Å². The minimum absolute atomic E-state index is 0. The van der Waals surface area contributed by atoms with Gasteiger partial charge in [0.15, 0.2) is 0 Å². The smallest absolute Gasteiger partial charge is 0.264 e. The summed E-state index contributed by atoms with van der Waals surface area (Å²) in [5.41, 5.74) is 2.49. The third-order valence-electron chi connectivity index (χ3n) is 9.93. The van der Waals surface area contributed by atoms with Gasteiger partial charge in [-0.15, -0.1) is 0 Å². The minimum atomic E-state index is -4.00. The van der Waals surface area contributed by atoms with Gasteiger partial charge in [-0.1, -0.05) is 48.0 Å². The summed E-state index contributed by atoms with van der Waals surface area (Å²) in [6.45, 7) is 7.98. The molecule has 3 fully saturated rings. The number of hydrogen-bond acceptors (Lipinski definition) is 12. The highest BCUT2D eigenvalue weighted by Crippen LogP contribution is 2.36. The van der Waals surface area contributed by atoms with Crippen molar-refractivity contribution in [2.75, 3.05) is 58.7 Å². The highest BCUT2D eigenvalue weighted by Gasteiger charge is 2.30. The maximum atomic E-state index is 14.0. The number of hydrogen-bond donors (Lipinski definition) is 4. The first-order valence-corrected chi connectivity index (χ1v) is 19.0. The topological polar surface area (TPSA) is 188 Å². The van der Waals surface area contributed by atoms with Crippen molar-refractivity contribution in [3.63, 3.8) is 0 Å². The van der Waals surface area contributed by atoms with Gasteiger partial charge in [0.2, 0.25) is 17.8 Å².